The van der Waals surface area contributed by atoms with Crippen molar-refractivity contribution in [2.45, 2.75) is 32.7 Å². The predicted molar refractivity (Wildman–Crippen MR) is 131 cm³/mol. The van der Waals surface area contributed by atoms with Crippen LogP contribution in [0.5, 0.6) is 0 Å². The maximum Gasteiger partial charge on any atom is 0.338 e. The summed E-state index contributed by atoms with van der Waals surface area (Å²) in [7, 11) is 0. The Kier molecular flexibility index (Phi) is 7.47. The zero-order valence-electron chi connectivity index (χ0n) is 19.1. The number of amidine groups is 1. The normalized spacial score (nSPS) is 17.1. The summed E-state index contributed by atoms with van der Waals surface area (Å²) in [6, 6.07) is 15.5. The molecule has 0 fully saturated rings. The maximum atomic E-state index is 15.0. The van der Waals surface area contributed by atoms with Gasteiger partial charge >= 0.3 is 5.97 Å². The fourth-order valence-electron chi connectivity index (χ4n) is 4.05. The fourth-order valence-corrected chi connectivity index (χ4v) is 5.01. The molecule has 2 heterocycles. The minimum Gasteiger partial charge on any atom is -0.463 e. The third-order valence-electron chi connectivity index (χ3n) is 5.62. The van der Waals surface area contributed by atoms with Gasteiger partial charge in [-0.25, -0.2) is 14.2 Å². The lowest BCUT2D eigenvalue weighted by Gasteiger charge is -2.36. The summed E-state index contributed by atoms with van der Waals surface area (Å²) in [5.74, 6) is -1.13. The van der Waals surface area contributed by atoms with Crippen molar-refractivity contribution in [3.8, 4) is 0 Å². The number of hydrogen-bond donors (Lipinski definition) is 1. The van der Waals surface area contributed by atoms with Gasteiger partial charge in [-0.1, -0.05) is 60.3 Å². The number of allylic oxidation sites excluding steroid dienone is 1. The van der Waals surface area contributed by atoms with Gasteiger partial charge in [0.25, 0.3) is 0 Å². The third kappa shape index (κ3) is 5.07. The van der Waals surface area contributed by atoms with Gasteiger partial charge in [0, 0.05) is 17.8 Å². The van der Waals surface area contributed by atoms with Gasteiger partial charge in [0.1, 0.15) is 5.82 Å². The van der Waals surface area contributed by atoms with E-state index in [2.05, 4.69) is 10.3 Å². The topological polar surface area (TPSA) is 71.0 Å². The molecule has 1 atom stereocenters. The molecule has 0 radical (unpaired) electrons. The SMILES string of the molecule is CCOC(=O)C1=C(C)N=C2SC=C(CC(=O)NCCc3ccccc3)N2C1c1ccccc1F. The molecule has 34 heavy (non-hydrogen) atoms. The smallest absolute Gasteiger partial charge is 0.338 e. The molecule has 6 nitrogen and oxygen atoms in total. The molecule has 0 bridgehead atoms. The van der Waals surface area contributed by atoms with Crippen LogP contribution < -0.4 is 5.32 Å². The molecule has 0 aliphatic carbocycles. The van der Waals surface area contributed by atoms with Crippen LogP contribution in [0.2, 0.25) is 0 Å². The highest BCUT2D eigenvalue weighted by Gasteiger charge is 2.42. The van der Waals surface area contributed by atoms with Crippen LogP contribution in [0.25, 0.3) is 0 Å². The van der Waals surface area contributed by atoms with Crippen LogP contribution >= 0.6 is 11.8 Å². The van der Waals surface area contributed by atoms with Crippen LogP contribution in [-0.2, 0) is 20.7 Å². The van der Waals surface area contributed by atoms with Gasteiger partial charge in [0.2, 0.25) is 5.91 Å². The Bertz CT molecular complexity index is 1180. The van der Waals surface area contributed by atoms with Crippen LogP contribution in [0.4, 0.5) is 4.39 Å². The quantitative estimate of drug-likeness (QED) is 0.555. The first-order valence-corrected chi connectivity index (χ1v) is 12.0. The Balaban J connectivity index is 1.56. The van der Waals surface area contributed by atoms with Crippen molar-refractivity contribution in [2.75, 3.05) is 13.2 Å². The number of carbonyl (C=O) groups excluding carboxylic acids is 2. The average molecular weight is 480 g/mol. The number of aliphatic imine (C=N–C) groups is 1. The second-order valence-electron chi connectivity index (χ2n) is 7.90. The van der Waals surface area contributed by atoms with E-state index in [1.807, 2.05) is 35.7 Å². The van der Waals surface area contributed by atoms with E-state index < -0.39 is 17.8 Å². The highest BCUT2D eigenvalue weighted by molar-refractivity contribution is 8.16. The molecule has 2 aromatic rings. The van der Waals surface area contributed by atoms with Crippen LogP contribution in [0.15, 0.2) is 82.0 Å². The molecule has 2 aromatic carbocycles. The summed E-state index contributed by atoms with van der Waals surface area (Å²) < 4.78 is 20.2. The Morgan fingerprint density at radius 3 is 2.62 bits per heavy atom. The molecule has 176 valence electrons. The predicted octanol–water partition coefficient (Wildman–Crippen LogP) is 4.71. The number of hydrogen-bond acceptors (Lipinski definition) is 6. The maximum absolute atomic E-state index is 15.0. The summed E-state index contributed by atoms with van der Waals surface area (Å²) in [5, 5.41) is 5.39. The molecule has 1 unspecified atom stereocenters. The van der Waals surface area contributed by atoms with Crippen LogP contribution in [0.3, 0.4) is 0 Å². The Hall–Kier alpha value is -3.39. The number of esters is 1. The van der Waals surface area contributed by atoms with Gasteiger partial charge < -0.3 is 15.0 Å². The number of ether oxygens (including phenoxy) is 1. The zero-order valence-corrected chi connectivity index (χ0v) is 19.9. The molecule has 0 saturated heterocycles. The lowest BCUT2D eigenvalue weighted by molar-refractivity contribution is -0.139. The van der Waals surface area contributed by atoms with E-state index >= 15 is 0 Å². The Morgan fingerprint density at radius 1 is 1.15 bits per heavy atom. The highest BCUT2D eigenvalue weighted by atomic mass is 32.2. The Morgan fingerprint density at radius 2 is 1.88 bits per heavy atom. The van der Waals surface area contributed by atoms with Crippen molar-refractivity contribution < 1.29 is 18.7 Å². The highest BCUT2D eigenvalue weighted by Crippen LogP contribution is 2.45. The van der Waals surface area contributed by atoms with Crippen LogP contribution in [0, 0.1) is 5.82 Å². The van der Waals surface area contributed by atoms with Crippen LogP contribution in [0.1, 0.15) is 37.4 Å². The van der Waals surface area contributed by atoms with Crippen molar-refractivity contribution in [3.05, 3.63) is 93.9 Å². The number of rotatable bonds is 8. The molecule has 0 spiro atoms. The number of benzene rings is 2. The number of nitrogens with one attached hydrogen (secondary N) is 1. The molecule has 4 rings (SSSR count). The van der Waals surface area contributed by atoms with Crippen molar-refractivity contribution in [2.24, 2.45) is 4.99 Å². The van der Waals surface area contributed by atoms with E-state index in [0.29, 0.717) is 28.7 Å². The number of fused-ring (bicyclic) bond motifs is 1. The molecule has 2 aliphatic rings. The second kappa shape index (κ2) is 10.7. The monoisotopic (exact) mass is 479 g/mol. The zero-order chi connectivity index (χ0) is 24.1. The average Bonchev–Trinajstić information content (AvgIpc) is 3.21. The van der Waals surface area contributed by atoms with E-state index in [0.717, 1.165) is 12.0 Å². The van der Waals surface area contributed by atoms with Gasteiger partial charge in [-0.3, -0.25) is 4.79 Å². The minimum atomic E-state index is -0.772. The van der Waals surface area contributed by atoms with E-state index in [4.69, 9.17) is 4.74 Å². The molecular formula is C26H26FN3O3S. The van der Waals surface area contributed by atoms with E-state index in [1.54, 1.807) is 36.9 Å². The Labute approximate surface area is 202 Å². The minimum absolute atomic E-state index is 0.0842. The van der Waals surface area contributed by atoms with Crippen molar-refractivity contribution in [1.82, 2.24) is 10.2 Å². The summed E-state index contributed by atoms with van der Waals surface area (Å²) >= 11 is 1.36. The lowest BCUT2D eigenvalue weighted by atomic mass is 9.93. The molecule has 1 amide bonds. The first kappa shape index (κ1) is 23.8. The van der Waals surface area contributed by atoms with Gasteiger partial charge in [0.05, 0.1) is 30.3 Å². The molecule has 8 heteroatoms. The van der Waals surface area contributed by atoms with Gasteiger partial charge in [-0.05, 0) is 37.3 Å². The standard InChI is InChI=1S/C26H26FN3O3S/c1-3-33-25(32)23-17(2)29-26-30(24(23)20-11-7-8-12-21(20)27)19(16-34-26)15-22(31)28-14-13-18-9-5-4-6-10-18/h4-12,16,24H,3,13-15H2,1-2H3,(H,28,31). The molecule has 0 saturated carbocycles. The van der Waals surface area contributed by atoms with Crippen molar-refractivity contribution in [3.63, 3.8) is 0 Å². The van der Waals surface area contributed by atoms with E-state index in [-0.39, 0.29) is 24.5 Å². The largest absolute Gasteiger partial charge is 0.463 e. The molecule has 1 N–H and O–H groups in total. The lowest BCUT2D eigenvalue weighted by Crippen LogP contribution is -2.38. The second-order valence-corrected chi connectivity index (χ2v) is 8.73. The summed E-state index contributed by atoms with van der Waals surface area (Å²) in [6.07, 6.45) is 0.810. The van der Waals surface area contributed by atoms with E-state index in [1.165, 1.54) is 17.8 Å². The van der Waals surface area contributed by atoms with Gasteiger partial charge in [-0.15, -0.1) is 0 Å². The number of halogens is 1. The van der Waals surface area contributed by atoms with Gasteiger partial charge in [0.15, 0.2) is 5.17 Å². The number of thioether (sulfide) groups is 1. The van der Waals surface area contributed by atoms with Crippen LogP contribution in [-0.4, -0.2) is 35.1 Å². The molecular weight excluding hydrogens is 453 g/mol. The van der Waals surface area contributed by atoms with Gasteiger partial charge in [-0.2, -0.15) is 0 Å². The summed E-state index contributed by atoms with van der Waals surface area (Å²) in [4.78, 5) is 32.0. The summed E-state index contributed by atoms with van der Waals surface area (Å²) in [5.41, 5.74) is 2.88. The fraction of sp³-hybridized carbons (Fsp3) is 0.269. The van der Waals surface area contributed by atoms with Crippen molar-refractivity contribution in [1.29, 1.82) is 0 Å². The molecule has 2 aliphatic heterocycles. The number of amides is 1. The first-order valence-electron chi connectivity index (χ1n) is 11.2. The van der Waals surface area contributed by atoms with Crippen molar-refractivity contribution >= 4 is 28.8 Å². The molecule has 0 aromatic heterocycles. The summed E-state index contributed by atoms with van der Waals surface area (Å²) in [6.45, 7) is 4.14. The third-order valence-corrected chi connectivity index (χ3v) is 6.50. The van der Waals surface area contributed by atoms with E-state index in [9.17, 15) is 14.0 Å². The number of nitrogens with zero attached hydrogens (tertiary/aromatic N) is 2. The number of carbonyl (C=O) groups is 2. The first-order chi connectivity index (χ1) is 16.5.